The second-order valence-electron chi connectivity index (χ2n) is 3.96. The first-order chi connectivity index (χ1) is 8.06. The van der Waals surface area contributed by atoms with E-state index in [9.17, 15) is 9.59 Å². The van der Waals surface area contributed by atoms with Crippen LogP contribution in [0.4, 0.5) is 5.13 Å². The van der Waals surface area contributed by atoms with Gasteiger partial charge in [0.05, 0.1) is 12.1 Å². The van der Waals surface area contributed by atoms with Gasteiger partial charge in [-0.1, -0.05) is 0 Å². The molecular weight excluding hydrogens is 242 g/mol. The van der Waals surface area contributed by atoms with E-state index < -0.39 is 5.97 Å². The van der Waals surface area contributed by atoms with Gasteiger partial charge < -0.3 is 15.3 Å². The summed E-state index contributed by atoms with van der Waals surface area (Å²) in [4.78, 5) is 27.9. The van der Waals surface area contributed by atoms with Crippen molar-refractivity contribution in [2.75, 3.05) is 18.9 Å². The number of anilines is 1. The summed E-state index contributed by atoms with van der Waals surface area (Å²) in [6, 6.07) is -0.233. The first-order valence-corrected chi connectivity index (χ1v) is 6.12. The molecule has 2 rings (SSSR count). The molecule has 0 saturated carbocycles. The zero-order valence-electron chi connectivity index (χ0n) is 9.34. The predicted molar refractivity (Wildman–Crippen MR) is 63.1 cm³/mol. The minimum atomic E-state index is -0.904. The van der Waals surface area contributed by atoms with E-state index in [1.54, 1.807) is 17.3 Å². The summed E-state index contributed by atoms with van der Waals surface area (Å²) < 4.78 is 0. The van der Waals surface area contributed by atoms with Crippen LogP contribution >= 0.6 is 11.3 Å². The van der Waals surface area contributed by atoms with Gasteiger partial charge in [0.2, 0.25) is 5.91 Å². The fourth-order valence-corrected chi connectivity index (χ4v) is 2.48. The van der Waals surface area contributed by atoms with Crippen LogP contribution in [0.25, 0.3) is 0 Å². The lowest BCUT2D eigenvalue weighted by atomic mass is 10.2. The van der Waals surface area contributed by atoms with Crippen molar-refractivity contribution >= 4 is 28.3 Å². The van der Waals surface area contributed by atoms with E-state index in [0.29, 0.717) is 10.8 Å². The number of thiazole rings is 1. The number of nitrogens with one attached hydrogen (secondary N) is 1. The number of nitrogens with zero attached hydrogens (tertiary/aromatic N) is 2. The van der Waals surface area contributed by atoms with Crippen molar-refractivity contribution in [1.82, 2.24) is 9.88 Å². The first kappa shape index (κ1) is 11.8. The fraction of sp³-hybridized carbons (Fsp3) is 0.500. The molecule has 1 amide bonds. The molecule has 1 atom stereocenters. The molecule has 2 heterocycles. The lowest BCUT2D eigenvalue weighted by molar-refractivity contribution is -0.136. The Balaban J connectivity index is 1.97. The molecule has 0 radical (unpaired) electrons. The van der Waals surface area contributed by atoms with E-state index in [-0.39, 0.29) is 18.4 Å². The average molecular weight is 255 g/mol. The second kappa shape index (κ2) is 4.70. The van der Waals surface area contributed by atoms with Crippen LogP contribution in [0.2, 0.25) is 0 Å². The van der Waals surface area contributed by atoms with Crippen LogP contribution < -0.4 is 5.32 Å². The van der Waals surface area contributed by atoms with Gasteiger partial charge in [0, 0.05) is 19.0 Å². The predicted octanol–water partition coefficient (Wildman–Crippen LogP) is 0.413. The number of carbonyl (C=O) groups excluding carboxylic acids is 1. The number of likely N-dealkylation sites (N-methyl/N-ethyl adjacent to an activating group) is 1. The van der Waals surface area contributed by atoms with E-state index in [2.05, 4.69) is 10.3 Å². The van der Waals surface area contributed by atoms with E-state index in [1.807, 2.05) is 0 Å². The lowest BCUT2D eigenvalue weighted by Crippen LogP contribution is -2.30. The molecule has 0 aromatic carbocycles. The number of hydrogen-bond donors (Lipinski definition) is 2. The Kier molecular flexibility index (Phi) is 3.28. The normalized spacial score (nSPS) is 19.7. The molecule has 1 saturated heterocycles. The van der Waals surface area contributed by atoms with Crippen molar-refractivity contribution in [2.24, 2.45) is 0 Å². The smallest absolute Gasteiger partial charge is 0.309 e. The molecule has 2 N–H and O–H groups in total. The van der Waals surface area contributed by atoms with Gasteiger partial charge in [0.15, 0.2) is 5.13 Å². The highest BCUT2D eigenvalue weighted by molar-refractivity contribution is 7.13. The average Bonchev–Trinajstić information content (AvgIpc) is 2.80. The van der Waals surface area contributed by atoms with Crippen molar-refractivity contribution in [3.63, 3.8) is 0 Å². The van der Waals surface area contributed by atoms with E-state index in [0.717, 1.165) is 13.0 Å². The Hall–Kier alpha value is -1.63. The molecule has 0 aliphatic carbocycles. The van der Waals surface area contributed by atoms with Crippen LogP contribution in [0.15, 0.2) is 5.38 Å². The van der Waals surface area contributed by atoms with Gasteiger partial charge in [-0.2, -0.15) is 0 Å². The van der Waals surface area contributed by atoms with E-state index in [1.165, 1.54) is 11.3 Å². The summed E-state index contributed by atoms with van der Waals surface area (Å²) in [6.45, 7) is 0.740. The number of amides is 1. The number of carboxylic acids is 1. The van der Waals surface area contributed by atoms with Crippen molar-refractivity contribution in [2.45, 2.75) is 18.9 Å². The second-order valence-corrected chi connectivity index (χ2v) is 4.82. The number of aromatic nitrogens is 1. The maximum Gasteiger partial charge on any atom is 0.309 e. The highest BCUT2D eigenvalue weighted by atomic mass is 32.1. The first-order valence-electron chi connectivity index (χ1n) is 5.24. The van der Waals surface area contributed by atoms with Gasteiger partial charge in [0.25, 0.3) is 0 Å². The minimum Gasteiger partial charge on any atom is -0.481 e. The summed E-state index contributed by atoms with van der Waals surface area (Å²) in [5.41, 5.74) is 0.517. The number of aliphatic carboxylic acids is 1. The molecule has 1 aromatic heterocycles. The van der Waals surface area contributed by atoms with Crippen molar-refractivity contribution in [3.8, 4) is 0 Å². The van der Waals surface area contributed by atoms with Crippen LogP contribution in [0.3, 0.4) is 0 Å². The molecular formula is C10H13N3O3S. The molecule has 0 bridgehead atoms. The number of rotatable bonds is 4. The fourth-order valence-electron chi connectivity index (χ4n) is 1.71. The molecule has 0 spiro atoms. The van der Waals surface area contributed by atoms with Crippen LogP contribution in [-0.4, -0.2) is 46.5 Å². The Morgan fingerprint density at radius 2 is 2.53 bits per heavy atom. The third kappa shape index (κ3) is 2.73. The number of hydrogen-bond acceptors (Lipinski definition) is 5. The van der Waals surface area contributed by atoms with E-state index >= 15 is 0 Å². The Labute approximate surface area is 102 Å². The van der Waals surface area contributed by atoms with Crippen LogP contribution in [0.1, 0.15) is 12.1 Å². The van der Waals surface area contributed by atoms with Gasteiger partial charge in [-0.05, 0) is 6.42 Å². The molecule has 1 aliphatic heterocycles. The molecule has 17 heavy (non-hydrogen) atoms. The zero-order chi connectivity index (χ0) is 12.4. The van der Waals surface area contributed by atoms with Crippen LogP contribution in [-0.2, 0) is 16.0 Å². The Bertz CT molecular complexity index is 446. The van der Waals surface area contributed by atoms with Crippen molar-refractivity contribution in [1.29, 1.82) is 0 Å². The summed E-state index contributed by atoms with van der Waals surface area (Å²) in [6.07, 6.45) is 0.667. The van der Waals surface area contributed by atoms with Crippen molar-refractivity contribution in [3.05, 3.63) is 11.1 Å². The summed E-state index contributed by atoms with van der Waals surface area (Å²) in [7, 11) is 1.77. The van der Waals surface area contributed by atoms with Crippen LogP contribution in [0, 0.1) is 0 Å². The maximum absolute atomic E-state index is 11.6. The monoisotopic (exact) mass is 255 g/mol. The standard InChI is InChI=1S/C10H13N3O3S/c1-13-3-2-7(9(13)16)12-10-11-6(5-17-10)4-8(14)15/h5,7H,2-4H2,1H3,(H,11,12)(H,14,15). The third-order valence-corrected chi connectivity index (χ3v) is 3.43. The van der Waals surface area contributed by atoms with Crippen molar-refractivity contribution < 1.29 is 14.7 Å². The Morgan fingerprint density at radius 1 is 1.76 bits per heavy atom. The number of likely N-dealkylation sites (tertiary alicyclic amines) is 1. The topological polar surface area (TPSA) is 82.5 Å². The molecule has 1 fully saturated rings. The number of carboxylic acid groups (broad SMARTS) is 1. The highest BCUT2D eigenvalue weighted by Crippen LogP contribution is 2.20. The quantitative estimate of drug-likeness (QED) is 0.814. The summed E-state index contributed by atoms with van der Waals surface area (Å²) >= 11 is 1.33. The Morgan fingerprint density at radius 3 is 3.12 bits per heavy atom. The van der Waals surface area contributed by atoms with Crippen LogP contribution in [0.5, 0.6) is 0 Å². The molecule has 92 valence electrons. The lowest BCUT2D eigenvalue weighted by Gasteiger charge is -2.10. The molecule has 1 aromatic rings. The number of carbonyl (C=O) groups is 2. The van der Waals surface area contributed by atoms with Gasteiger partial charge in [-0.3, -0.25) is 9.59 Å². The minimum absolute atomic E-state index is 0.0555. The highest BCUT2D eigenvalue weighted by Gasteiger charge is 2.29. The zero-order valence-corrected chi connectivity index (χ0v) is 10.2. The van der Waals surface area contributed by atoms with Gasteiger partial charge in [-0.25, -0.2) is 4.98 Å². The largest absolute Gasteiger partial charge is 0.481 e. The SMILES string of the molecule is CN1CCC(Nc2nc(CC(=O)O)cs2)C1=O. The summed E-state index contributed by atoms with van der Waals surface area (Å²) in [5, 5.41) is 14.0. The summed E-state index contributed by atoms with van der Waals surface area (Å²) in [5.74, 6) is -0.849. The van der Waals surface area contributed by atoms with Gasteiger partial charge >= 0.3 is 5.97 Å². The third-order valence-electron chi connectivity index (χ3n) is 2.61. The molecule has 6 nitrogen and oxygen atoms in total. The molecule has 1 unspecified atom stereocenters. The maximum atomic E-state index is 11.6. The molecule has 7 heteroatoms. The van der Waals surface area contributed by atoms with E-state index in [4.69, 9.17) is 5.11 Å². The van der Waals surface area contributed by atoms with Gasteiger partial charge in [-0.15, -0.1) is 11.3 Å². The van der Waals surface area contributed by atoms with Gasteiger partial charge in [0.1, 0.15) is 6.04 Å². The molecule has 1 aliphatic rings.